The zero-order chi connectivity index (χ0) is 23.5. The number of rotatable bonds is 0. The molecule has 3 fully saturated rings. The average Bonchev–Trinajstić information content (AvgIpc) is 2.71. The SMILES string of the molecule is CC1=C(C)C2=CC=C3[C@@](C)(CCC4(C)[C@]5(C)CC(C)(C)CC[C@]5(C)CC[C@]34C)C2=CC1=O. The lowest BCUT2D eigenvalue weighted by Gasteiger charge is -2.74. The van der Waals surface area contributed by atoms with Gasteiger partial charge in [0.25, 0.3) is 0 Å². The Balaban J connectivity index is 1.69. The predicted molar refractivity (Wildman–Crippen MR) is 134 cm³/mol. The first-order valence-electron chi connectivity index (χ1n) is 13.0. The standard InChI is InChI=1S/C31H44O/c1-20-21(2)24(32)18-23-22(20)10-11-25-28(23,6)15-17-30(8)29(25,7)16-14-27(5)13-12-26(3,4)19-31(27,30)9/h10-11,18H,12-17,19H2,1-9H3/t27-,28+,29-,30?,31-/m1/s1. The largest absolute Gasteiger partial charge is 0.290 e. The van der Waals surface area contributed by atoms with Crippen LogP contribution in [-0.4, -0.2) is 5.78 Å². The molecule has 0 aliphatic heterocycles. The zero-order valence-corrected chi connectivity index (χ0v) is 22.1. The van der Waals surface area contributed by atoms with Crippen LogP contribution in [0.4, 0.5) is 0 Å². The van der Waals surface area contributed by atoms with Crippen LogP contribution in [0.3, 0.4) is 0 Å². The van der Waals surface area contributed by atoms with E-state index in [2.05, 4.69) is 67.5 Å². The van der Waals surface area contributed by atoms with E-state index in [0.717, 1.165) is 12.0 Å². The molecule has 0 radical (unpaired) electrons. The number of hydrogen-bond acceptors (Lipinski definition) is 1. The van der Waals surface area contributed by atoms with E-state index in [9.17, 15) is 4.79 Å². The number of allylic oxidation sites excluding steroid dienone is 8. The van der Waals surface area contributed by atoms with Gasteiger partial charge in [-0.2, -0.15) is 0 Å². The van der Waals surface area contributed by atoms with Gasteiger partial charge < -0.3 is 0 Å². The molecule has 0 spiro atoms. The topological polar surface area (TPSA) is 17.1 Å². The van der Waals surface area contributed by atoms with Crippen LogP contribution in [0.2, 0.25) is 0 Å². The quantitative estimate of drug-likeness (QED) is 0.375. The van der Waals surface area contributed by atoms with Crippen molar-refractivity contribution in [2.45, 2.75) is 107 Å². The molecule has 5 aliphatic rings. The van der Waals surface area contributed by atoms with Gasteiger partial charge in [0, 0.05) is 5.41 Å². The van der Waals surface area contributed by atoms with Gasteiger partial charge in [-0.3, -0.25) is 4.79 Å². The Hall–Kier alpha value is -1.37. The lowest BCUT2D eigenvalue weighted by molar-refractivity contribution is -0.222. The first-order chi connectivity index (χ1) is 14.6. The van der Waals surface area contributed by atoms with Gasteiger partial charge in [-0.25, -0.2) is 0 Å². The van der Waals surface area contributed by atoms with Crippen LogP contribution in [0.5, 0.6) is 0 Å². The van der Waals surface area contributed by atoms with Crippen molar-refractivity contribution in [3.63, 3.8) is 0 Å². The highest BCUT2D eigenvalue weighted by atomic mass is 16.1. The summed E-state index contributed by atoms with van der Waals surface area (Å²) in [5.74, 6) is 0.216. The molecule has 5 aliphatic carbocycles. The molecule has 0 heterocycles. The molecular formula is C31H44O. The molecule has 0 N–H and O–H groups in total. The Labute approximate surface area is 196 Å². The van der Waals surface area contributed by atoms with E-state index >= 15 is 0 Å². The molecule has 0 bridgehead atoms. The Morgan fingerprint density at radius 3 is 2.06 bits per heavy atom. The summed E-state index contributed by atoms with van der Waals surface area (Å²) >= 11 is 0. The van der Waals surface area contributed by atoms with Gasteiger partial charge in [0.15, 0.2) is 5.78 Å². The van der Waals surface area contributed by atoms with Crippen molar-refractivity contribution in [1.29, 1.82) is 0 Å². The van der Waals surface area contributed by atoms with Crippen molar-refractivity contribution in [2.24, 2.45) is 32.5 Å². The molecule has 1 heteroatoms. The molecule has 0 saturated heterocycles. The van der Waals surface area contributed by atoms with Crippen LogP contribution < -0.4 is 0 Å². The number of carbonyl (C=O) groups is 1. The van der Waals surface area contributed by atoms with E-state index < -0.39 is 0 Å². The van der Waals surface area contributed by atoms with Gasteiger partial charge in [0.1, 0.15) is 0 Å². The minimum atomic E-state index is -0.0236. The fourth-order valence-corrected chi connectivity index (χ4v) is 9.44. The Bertz CT molecular complexity index is 1050. The van der Waals surface area contributed by atoms with Gasteiger partial charge in [0.2, 0.25) is 0 Å². The first-order valence-corrected chi connectivity index (χ1v) is 13.0. The zero-order valence-electron chi connectivity index (χ0n) is 22.1. The maximum absolute atomic E-state index is 12.9. The molecule has 32 heavy (non-hydrogen) atoms. The molecule has 5 atom stereocenters. The summed E-state index contributed by atoms with van der Waals surface area (Å²) in [5.41, 5.74) is 7.89. The molecular weight excluding hydrogens is 388 g/mol. The second-order valence-corrected chi connectivity index (χ2v) is 14.1. The van der Waals surface area contributed by atoms with Gasteiger partial charge in [-0.15, -0.1) is 0 Å². The maximum atomic E-state index is 12.9. The Morgan fingerprint density at radius 2 is 1.38 bits per heavy atom. The second-order valence-electron chi connectivity index (χ2n) is 14.1. The van der Waals surface area contributed by atoms with E-state index in [-0.39, 0.29) is 22.0 Å². The van der Waals surface area contributed by atoms with Crippen LogP contribution >= 0.6 is 0 Å². The van der Waals surface area contributed by atoms with Crippen molar-refractivity contribution in [2.75, 3.05) is 0 Å². The van der Waals surface area contributed by atoms with Crippen LogP contribution in [0, 0.1) is 32.5 Å². The minimum absolute atomic E-state index is 0.0236. The smallest absolute Gasteiger partial charge is 0.182 e. The molecule has 0 amide bonds. The summed E-state index contributed by atoms with van der Waals surface area (Å²) in [6.07, 6.45) is 15.9. The van der Waals surface area contributed by atoms with E-state index in [1.807, 2.05) is 13.0 Å². The van der Waals surface area contributed by atoms with E-state index in [0.29, 0.717) is 16.2 Å². The van der Waals surface area contributed by atoms with Crippen molar-refractivity contribution in [3.8, 4) is 0 Å². The lowest BCUT2D eigenvalue weighted by atomic mass is 9.29. The van der Waals surface area contributed by atoms with Crippen LogP contribution in [0.15, 0.2) is 46.1 Å². The lowest BCUT2D eigenvalue weighted by Crippen LogP contribution is -2.66. The van der Waals surface area contributed by atoms with Crippen molar-refractivity contribution in [1.82, 2.24) is 0 Å². The number of carbonyl (C=O) groups excluding carboxylic acids is 1. The van der Waals surface area contributed by atoms with Crippen molar-refractivity contribution in [3.05, 3.63) is 46.1 Å². The molecule has 1 nitrogen and oxygen atoms in total. The molecule has 174 valence electrons. The fraction of sp³-hybridized carbons (Fsp3) is 0.710. The van der Waals surface area contributed by atoms with Crippen LogP contribution in [-0.2, 0) is 4.79 Å². The normalized spacial score (nSPS) is 47.4. The number of fused-ring (bicyclic) bond motifs is 7. The molecule has 0 aromatic carbocycles. The number of ketones is 1. The third-order valence-corrected chi connectivity index (χ3v) is 12.4. The van der Waals surface area contributed by atoms with Gasteiger partial charge in [0.05, 0.1) is 0 Å². The predicted octanol–water partition coefficient (Wildman–Crippen LogP) is 8.53. The van der Waals surface area contributed by atoms with E-state index in [1.54, 1.807) is 5.57 Å². The molecule has 0 aromatic rings. The Kier molecular flexibility index (Phi) is 4.34. The van der Waals surface area contributed by atoms with Crippen molar-refractivity contribution >= 4 is 5.78 Å². The molecule has 5 rings (SSSR count). The Morgan fingerprint density at radius 1 is 0.719 bits per heavy atom. The van der Waals surface area contributed by atoms with Gasteiger partial charge in [-0.05, 0) is 114 Å². The first kappa shape index (κ1) is 22.4. The molecule has 1 unspecified atom stereocenters. The average molecular weight is 433 g/mol. The van der Waals surface area contributed by atoms with Gasteiger partial charge >= 0.3 is 0 Å². The third-order valence-electron chi connectivity index (χ3n) is 12.4. The summed E-state index contributed by atoms with van der Waals surface area (Å²) in [6, 6.07) is 0. The minimum Gasteiger partial charge on any atom is -0.290 e. The summed E-state index contributed by atoms with van der Waals surface area (Å²) < 4.78 is 0. The highest BCUT2D eigenvalue weighted by Crippen LogP contribution is 2.79. The fourth-order valence-electron chi connectivity index (χ4n) is 9.44. The van der Waals surface area contributed by atoms with Crippen molar-refractivity contribution < 1.29 is 4.79 Å². The summed E-state index contributed by atoms with van der Waals surface area (Å²) in [6.45, 7) is 22.1. The maximum Gasteiger partial charge on any atom is 0.182 e. The van der Waals surface area contributed by atoms with E-state index in [4.69, 9.17) is 0 Å². The molecule has 3 saturated carbocycles. The summed E-state index contributed by atoms with van der Waals surface area (Å²) in [7, 11) is 0. The highest BCUT2D eigenvalue weighted by molar-refractivity contribution is 6.08. The summed E-state index contributed by atoms with van der Waals surface area (Å²) in [5, 5.41) is 0. The van der Waals surface area contributed by atoms with Gasteiger partial charge in [-0.1, -0.05) is 66.2 Å². The monoisotopic (exact) mass is 432 g/mol. The van der Waals surface area contributed by atoms with Crippen LogP contribution in [0.25, 0.3) is 0 Å². The number of hydrogen-bond donors (Lipinski definition) is 0. The molecule has 0 aromatic heterocycles. The third kappa shape index (κ3) is 2.39. The van der Waals surface area contributed by atoms with Crippen LogP contribution in [0.1, 0.15) is 107 Å². The second kappa shape index (κ2) is 6.19. The highest BCUT2D eigenvalue weighted by Gasteiger charge is 2.71. The van der Waals surface area contributed by atoms with E-state index in [1.165, 1.54) is 55.2 Å². The summed E-state index contributed by atoms with van der Waals surface area (Å²) in [4.78, 5) is 12.9.